The summed E-state index contributed by atoms with van der Waals surface area (Å²) in [6.45, 7) is 6.09. The van der Waals surface area contributed by atoms with Crippen LogP contribution >= 0.6 is 35.0 Å². The third-order valence-corrected chi connectivity index (χ3v) is 4.59. The highest BCUT2D eigenvalue weighted by Crippen LogP contribution is 2.32. The van der Waals surface area contributed by atoms with Gasteiger partial charge in [0.05, 0.1) is 10.8 Å². The molecule has 24 heavy (non-hydrogen) atoms. The minimum Gasteiger partial charge on any atom is -0.425 e. The highest BCUT2D eigenvalue weighted by molar-refractivity contribution is 7.98. The summed E-state index contributed by atoms with van der Waals surface area (Å²) in [6.07, 6.45) is 1.78. The molecule has 6 nitrogen and oxygen atoms in total. The topological polar surface area (TPSA) is 69.6 Å². The lowest BCUT2D eigenvalue weighted by molar-refractivity contribution is 0.485. The number of allylic oxidation sites excluding steroid dienone is 1. The molecule has 3 aromatic rings. The van der Waals surface area contributed by atoms with Gasteiger partial charge in [0, 0.05) is 24.1 Å². The molecule has 0 aliphatic carbocycles. The molecule has 0 bridgehead atoms. The standard InChI is InChI=1S/C15H13Cl2N5OS/c1-3-6-22-14(11-5-4-10(16)7-12(11)17)20-21-15(22)24-8-13-19-18-9(2)23-13/h3-5,7H,1,6,8H2,2H3. The van der Waals surface area contributed by atoms with Crippen molar-refractivity contribution in [3.8, 4) is 11.4 Å². The second kappa shape index (κ2) is 7.38. The van der Waals surface area contributed by atoms with Gasteiger partial charge in [-0.3, -0.25) is 4.57 Å². The minimum absolute atomic E-state index is 0.504. The van der Waals surface area contributed by atoms with E-state index < -0.39 is 0 Å². The molecule has 0 aliphatic rings. The van der Waals surface area contributed by atoms with Crippen molar-refractivity contribution in [1.29, 1.82) is 0 Å². The quantitative estimate of drug-likeness (QED) is 0.464. The Hall–Kier alpha value is -1.83. The highest BCUT2D eigenvalue weighted by Gasteiger charge is 2.17. The summed E-state index contributed by atoms with van der Waals surface area (Å²) in [7, 11) is 0. The van der Waals surface area contributed by atoms with Gasteiger partial charge in [0.1, 0.15) is 0 Å². The Kier molecular flexibility index (Phi) is 5.23. The Balaban J connectivity index is 1.90. The molecule has 0 radical (unpaired) electrons. The van der Waals surface area contributed by atoms with E-state index in [0.717, 1.165) is 5.56 Å². The summed E-state index contributed by atoms with van der Waals surface area (Å²) in [4.78, 5) is 0. The number of benzene rings is 1. The Labute approximate surface area is 152 Å². The maximum Gasteiger partial charge on any atom is 0.226 e. The number of rotatable bonds is 6. The van der Waals surface area contributed by atoms with Gasteiger partial charge >= 0.3 is 0 Å². The zero-order valence-electron chi connectivity index (χ0n) is 12.7. The molecule has 0 amide bonds. The largest absolute Gasteiger partial charge is 0.425 e. The molecule has 0 saturated heterocycles. The van der Waals surface area contributed by atoms with Crippen LogP contribution in [-0.4, -0.2) is 25.0 Å². The van der Waals surface area contributed by atoms with E-state index in [4.69, 9.17) is 27.6 Å². The Morgan fingerprint density at radius 1 is 1.25 bits per heavy atom. The normalized spacial score (nSPS) is 11.0. The summed E-state index contributed by atoms with van der Waals surface area (Å²) in [6, 6.07) is 5.27. The van der Waals surface area contributed by atoms with E-state index in [9.17, 15) is 0 Å². The molecule has 0 aliphatic heterocycles. The zero-order valence-corrected chi connectivity index (χ0v) is 15.1. The van der Waals surface area contributed by atoms with Crippen molar-refractivity contribution in [1.82, 2.24) is 25.0 Å². The van der Waals surface area contributed by atoms with Crippen LogP contribution in [0.5, 0.6) is 0 Å². The van der Waals surface area contributed by atoms with Crippen LogP contribution in [0.15, 0.2) is 40.4 Å². The molecule has 0 unspecified atom stereocenters. The van der Waals surface area contributed by atoms with E-state index in [2.05, 4.69) is 27.0 Å². The van der Waals surface area contributed by atoms with Gasteiger partial charge in [-0.05, 0) is 18.2 Å². The lowest BCUT2D eigenvalue weighted by atomic mass is 10.2. The minimum atomic E-state index is 0.504. The summed E-state index contributed by atoms with van der Waals surface area (Å²) in [5, 5.41) is 18.1. The predicted octanol–water partition coefficient (Wildman–Crippen LogP) is 4.42. The SMILES string of the molecule is C=CCn1c(SCc2nnc(C)o2)nnc1-c1ccc(Cl)cc1Cl. The van der Waals surface area contributed by atoms with Crippen LogP contribution in [0.4, 0.5) is 0 Å². The molecular formula is C15H13Cl2N5OS. The molecule has 0 saturated carbocycles. The zero-order chi connectivity index (χ0) is 17.1. The van der Waals surface area contributed by atoms with Gasteiger partial charge in [0.25, 0.3) is 0 Å². The van der Waals surface area contributed by atoms with Gasteiger partial charge in [0.2, 0.25) is 11.8 Å². The van der Waals surface area contributed by atoms with Crippen LogP contribution in [0.3, 0.4) is 0 Å². The van der Waals surface area contributed by atoms with Gasteiger partial charge < -0.3 is 4.42 Å². The van der Waals surface area contributed by atoms with E-state index in [0.29, 0.717) is 45.1 Å². The second-order valence-electron chi connectivity index (χ2n) is 4.83. The van der Waals surface area contributed by atoms with E-state index in [-0.39, 0.29) is 0 Å². The lowest BCUT2D eigenvalue weighted by Crippen LogP contribution is -2.01. The number of aromatic nitrogens is 5. The van der Waals surface area contributed by atoms with Crippen LogP contribution in [0.25, 0.3) is 11.4 Å². The Bertz CT molecular complexity index is 877. The van der Waals surface area contributed by atoms with Crippen LogP contribution < -0.4 is 0 Å². The monoisotopic (exact) mass is 381 g/mol. The highest BCUT2D eigenvalue weighted by atomic mass is 35.5. The van der Waals surface area contributed by atoms with Crippen molar-refractivity contribution < 1.29 is 4.42 Å². The summed E-state index contributed by atoms with van der Waals surface area (Å²) >= 11 is 13.7. The second-order valence-corrected chi connectivity index (χ2v) is 6.62. The summed E-state index contributed by atoms with van der Waals surface area (Å²) < 4.78 is 7.30. The molecule has 2 heterocycles. The fourth-order valence-corrected chi connectivity index (χ4v) is 3.36. The molecule has 0 N–H and O–H groups in total. The molecule has 124 valence electrons. The van der Waals surface area contributed by atoms with Crippen molar-refractivity contribution in [2.45, 2.75) is 24.4 Å². The lowest BCUT2D eigenvalue weighted by Gasteiger charge is -2.08. The van der Waals surface area contributed by atoms with Crippen LogP contribution in [0, 0.1) is 6.92 Å². The van der Waals surface area contributed by atoms with Crippen molar-refractivity contribution in [3.63, 3.8) is 0 Å². The van der Waals surface area contributed by atoms with Gasteiger partial charge in [-0.25, -0.2) is 0 Å². The summed E-state index contributed by atoms with van der Waals surface area (Å²) in [5.41, 5.74) is 0.760. The Morgan fingerprint density at radius 2 is 2.08 bits per heavy atom. The number of thioether (sulfide) groups is 1. The molecule has 0 spiro atoms. The van der Waals surface area contributed by atoms with E-state index >= 15 is 0 Å². The average molecular weight is 382 g/mol. The van der Waals surface area contributed by atoms with Crippen LogP contribution in [0.1, 0.15) is 11.8 Å². The van der Waals surface area contributed by atoms with Gasteiger partial charge in [-0.2, -0.15) is 0 Å². The van der Waals surface area contributed by atoms with Gasteiger partial charge in [-0.1, -0.05) is 41.0 Å². The van der Waals surface area contributed by atoms with E-state index in [1.165, 1.54) is 11.8 Å². The molecule has 0 atom stereocenters. The third kappa shape index (κ3) is 3.63. The first-order valence-corrected chi connectivity index (χ1v) is 8.74. The smallest absolute Gasteiger partial charge is 0.226 e. The molecule has 1 aromatic carbocycles. The van der Waals surface area contributed by atoms with Crippen molar-refractivity contribution in [2.75, 3.05) is 0 Å². The fourth-order valence-electron chi connectivity index (χ4n) is 2.08. The maximum absolute atomic E-state index is 6.29. The van der Waals surface area contributed by atoms with Crippen LogP contribution in [-0.2, 0) is 12.3 Å². The van der Waals surface area contributed by atoms with Gasteiger partial charge in [-0.15, -0.1) is 27.0 Å². The average Bonchev–Trinajstić information content (AvgIpc) is 3.13. The third-order valence-electron chi connectivity index (χ3n) is 3.09. The van der Waals surface area contributed by atoms with Crippen molar-refractivity contribution in [2.24, 2.45) is 0 Å². The first kappa shape index (κ1) is 17.0. The first-order chi connectivity index (χ1) is 11.6. The Morgan fingerprint density at radius 3 is 2.75 bits per heavy atom. The van der Waals surface area contributed by atoms with E-state index in [1.54, 1.807) is 25.1 Å². The number of halogens is 2. The maximum atomic E-state index is 6.29. The number of nitrogens with zero attached hydrogens (tertiary/aromatic N) is 5. The van der Waals surface area contributed by atoms with E-state index in [1.807, 2.05) is 10.6 Å². The number of aryl methyl sites for hydroxylation is 1. The molecular weight excluding hydrogens is 369 g/mol. The number of hydrogen-bond donors (Lipinski definition) is 0. The van der Waals surface area contributed by atoms with Gasteiger partial charge in [0.15, 0.2) is 11.0 Å². The molecule has 9 heteroatoms. The van der Waals surface area contributed by atoms with Crippen molar-refractivity contribution in [3.05, 3.63) is 52.7 Å². The summed E-state index contributed by atoms with van der Waals surface area (Å²) in [5.74, 6) is 2.23. The number of hydrogen-bond acceptors (Lipinski definition) is 6. The molecule has 2 aromatic heterocycles. The first-order valence-electron chi connectivity index (χ1n) is 6.99. The predicted molar refractivity (Wildman–Crippen MR) is 94.3 cm³/mol. The van der Waals surface area contributed by atoms with Crippen LogP contribution in [0.2, 0.25) is 10.0 Å². The van der Waals surface area contributed by atoms with Crippen molar-refractivity contribution >= 4 is 35.0 Å². The fraction of sp³-hybridized carbons (Fsp3) is 0.200. The molecule has 0 fully saturated rings. The molecule has 3 rings (SSSR count).